The summed E-state index contributed by atoms with van der Waals surface area (Å²) in [5.74, 6) is -1.86. The minimum absolute atomic E-state index is 0.00308. The van der Waals surface area contributed by atoms with E-state index in [1.54, 1.807) is 21.1 Å². The maximum atomic E-state index is 12.7. The molecule has 57 heavy (non-hydrogen) atoms. The molecule has 0 aliphatic rings. The molecule has 0 spiro atoms. The summed E-state index contributed by atoms with van der Waals surface area (Å²) in [7, 11) is 5.36. The molecule has 0 fully saturated rings. The van der Waals surface area contributed by atoms with Crippen LogP contribution in [0.3, 0.4) is 0 Å². The van der Waals surface area contributed by atoms with Gasteiger partial charge in [-0.05, 0) is 96.3 Å². The molecule has 0 aliphatic carbocycles. The molecule has 8 heteroatoms. The highest BCUT2D eigenvalue weighted by Crippen LogP contribution is 2.10. The van der Waals surface area contributed by atoms with Crippen molar-refractivity contribution >= 4 is 17.9 Å². The molecule has 0 aromatic heterocycles. The average molecular weight is 792 g/mol. The van der Waals surface area contributed by atoms with Crippen molar-refractivity contribution in [3.63, 3.8) is 0 Å². The number of hydrogen-bond acceptors (Lipinski definition) is 7. The lowest BCUT2D eigenvalue weighted by Crippen LogP contribution is -2.55. The van der Waals surface area contributed by atoms with E-state index in [-0.39, 0.29) is 55.5 Å². The molecular weight excluding hydrogens is 715 g/mol. The van der Waals surface area contributed by atoms with Crippen LogP contribution >= 0.6 is 0 Å². The number of quaternary nitrogens is 1. The van der Waals surface area contributed by atoms with Crippen molar-refractivity contribution in [2.45, 2.75) is 142 Å². The van der Waals surface area contributed by atoms with E-state index in [0.29, 0.717) is 12.8 Å². The predicted octanol–water partition coefficient (Wildman–Crippen LogP) is 10.4. The number of unbranched alkanes of at least 4 members (excludes halogenated alkanes) is 4. The van der Waals surface area contributed by atoms with Crippen molar-refractivity contribution in [1.82, 2.24) is 0 Å². The Hall–Kier alpha value is -4.01. The Morgan fingerprint density at radius 3 is 1.30 bits per heavy atom. The summed E-state index contributed by atoms with van der Waals surface area (Å²) in [5, 5.41) is 11.6. The second-order valence-corrected chi connectivity index (χ2v) is 14.8. The van der Waals surface area contributed by atoms with Crippen LogP contribution < -0.4 is 5.11 Å². The number of rotatable bonds is 36. The quantitative estimate of drug-likeness (QED) is 0.0269. The van der Waals surface area contributed by atoms with Crippen molar-refractivity contribution in [2.75, 3.05) is 41.0 Å². The third kappa shape index (κ3) is 37.3. The van der Waals surface area contributed by atoms with Crippen molar-refractivity contribution in [2.24, 2.45) is 0 Å². The predicted molar refractivity (Wildman–Crippen MR) is 235 cm³/mol. The zero-order valence-electron chi connectivity index (χ0n) is 36.2. The second kappa shape index (κ2) is 38.8. The van der Waals surface area contributed by atoms with Crippen LogP contribution in [0.2, 0.25) is 0 Å². The SMILES string of the molecule is CC/C=C/C/C=C/C/C=C/C/C=C/C/C=C/C/C=C/CCCCC(=O)OCC(COCCC(C(=O)[O-])[N+](C)(C)C)OC(=O)CCCC/C=C/C/C=C/C/C=C/CC. The standard InChI is InChI=1S/C49H77NO7/c1-6-8-10-12-14-16-18-20-21-22-23-24-25-26-27-28-30-31-33-35-37-39-47(51)56-44-45(43-55-42-41-46(49(53)54)50(3,4)5)57-48(52)40-38-36-34-32-29-19-17-15-13-11-9-7-2/h8-11,14-17,20-21,23-24,26-27,29-32,45-46H,6-7,12-13,18-19,22,25,28,33-44H2,1-5H3/b10-8+,11-9+,16-14+,17-15+,21-20+,24-23+,27-26+,31-30+,32-29+. The number of likely N-dealkylation sites (N-methyl/N-ethyl adjacent to an activating group) is 1. The minimum atomic E-state index is -1.14. The number of hydrogen-bond donors (Lipinski definition) is 0. The maximum absolute atomic E-state index is 12.7. The lowest BCUT2D eigenvalue weighted by molar-refractivity contribution is -0.889. The fraction of sp³-hybridized carbons (Fsp3) is 0.571. The molecule has 0 rings (SSSR count). The van der Waals surface area contributed by atoms with Crippen LogP contribution in [0, 0.1) is 0 Å². The van der Waals surface area contributed by atoms with Gasteiger partial charge in [0.2, 0.25) is 0 Å². The normalized spacial score (nSPS) is 14.1. The fourth-order valence-corrected chi connectivity index (χ4v) is 5.38. The number of carbonyl (C=O) groups is 3. The highest BCUT2D eigenvalue weighted by Gasteiger charge is 2.25. The van der Waals surface area contributed by atoms with Gasteiger partial charge >= 0.3 is 11.9 Å². The van der Waals surface area contributed by atoms with Crippen LogP contribution in [0.15, 0.2) is 109 Å². The van der Waals surface area contributed by atoms with E-state index in [2.05, 4.69) is 123 Å². The number of allylic oxidation sites excluding steroid dienone is 18. The topological polar surface area (TPSA) is 102 Å². The first-order chi connectivity index (χ1) is 27.6. The molecule has 0 saturated carbocycles. The smallest absolute Gasteiger partial charge is 0.306 e. The molecule has 8 nitrogen and oxygen atoms in total. The van der Waals surface area contributed by atoms with E-state index in [9.17, 15) is 19.5 Å². The average Bonchev–Trinajstić information content (AvgIpc) is 3.17. The first-order valence-electron chi connectivity index (χ1n) is 21.4. The maximum Gasteiger partial charge on any atom is 0.306 e. The molecule has 0 heterocycles. The van der Waals surface area contributed by atoms with Gasteiger partial charge in [0, 0.05) is 19.3 Å². The molecule has 0 aliphatic heterocycles. The van der Waals surface area contributed by atoms with Gasteiger partial charge in [-0.2, -0.15) is 0 Å². The summed E-state index contributed by atoms with van der Waals surface area (Å²) < 4.78 is 17.0. The van der Waals surface area contributed by atoms with E-state index >= 15 is 0 Å². The van der Waals surface area contributed by atoms with Crippen LogP contribution in [0.25, 0.3) is 0 Å². The Morgan fingerprint density at radius 1 is 0.526 bits per heavy atom. The van der Waals surface area contributed by atoms with E-state index < -0.39 is 18.1 Å². The van der Waals surface area contributed by atoms with Crippen molar-refractivity contribution in [3.8, 4) is 0 Å². The minimum Gasteiger partial charge on any atom is -0.544 e. The highest BCUT2D eigenvalue weighted by atomic mass is 16.6. The summed E-state index contributed by atoms with van der Waals surface area (Å²) in [6.45, 7) is 4.30. The molecule has 0 amide bonds. The first kappa shape index (κ1) is 53.0. The lowest BCUT2D eigenvalue weighted by atomic mass is 10.1. The molecule has 0 bridgehead atoms. The number of ether oxygens (including phenoxy) is 3. The van der Waals surface area contributed by atoms with Gasteiger partial charge in [-0.1, -0.05) is 123 Å². The monoisotopic (exact) mass is 792 g/mol. The number of aliphatic carboxylic acids is 1. The second-order valence-electron chi connectivity index (χ2n) is 14.8. The number of nitrogens with zero attached hydrogens (tertiary/aromatic N) is 1. The Balaban J connectivity index is 4.48. The zero-order valence-corrected chi connectivity index (χ0v) is 36.2. The molecule has 0 radical (unpaired) electrons. The van der Waals surface area contributed by atoms with Gasteiger partial charge in [0.05, 0.1) is 40.3 Å². The third-order valence-electron chi connectivity index (χ3n) is 8.65. The largest absolute Gasteiger partial charge is 0.544 e. The van der Waals surface area contributed by atoms with E-state index in [0.717, 1.165) is 83.5 Å². The first-order valence-corrected chi connectivity index (χ1v) is 21.4. The molecule has 2 unspecified atom stereocenters. The van der Waals surface area contributed by atoms with Gasteiger partial charge in [0.25, 0.3) is 0 Å². The van der Waals surface area contributed by atoms with Gasteiger partial charge < -0.3 is 28.6 Å². The van der Waals surface area contributed by atoms with E-state index in [1.807, 2.05) is 0 Å². The number of carbonyl (C=O) groups excluding carboxylic acids is 3. The molecule has 0 aromatic carbocycles. The van der Waals surface area contributed by atoms with E-state index in [4.69, 9.17) is 14.2 Å². The van der Waals surface area contributed by atoms with Crippen LogP contribution in [-0.2, 0) is 28.6 Å². The Kier molecular flexibility index (Phi) is 36.1. The highest BCUT2D eigenvalue weighted by molar-refractivity contribution is 5.70. The molecule has 2 atom stereocenters. The molecule has 0 aromatic rings. The number of esters is 2. The molecule has 0 saturated heterocycles. The summed E-state index contributed by atoms with van der Waals surface area (Å²) in [5.41, 5.74) is 0. The summed E-state index contributed by atoms with van der Waals surface area (Å²) in [6.07, 6.45) is 52.7. The van der Waals surface area contributed by atoms with Crippen molar-refractivity contribution in [1.29, 1.82) is 0 Å². The van der Waals surface area contributed by atoms with Crippen LogP contribution in [0.5, 0.6) is 0 Å². The Labute approximate surface area is 347 Å². The van der Waals surface area contributed by atoms with Crippen molar-refractivity contribution in [3.05, 3.63) is 109 Å². The van der Waals surface area contributed by atoms with Gasteiger partial charge in [0.15, 0.2) is 6.10 Å². The fourth-order valence-electron chi connectivity index (χ4n) is 5.38. The zero-order chi connectivity index (χ0) is 42.1. The lowest BCUT2D eigenvalue weighted by Gasteiger charge is -2.34. The van der Waals surface area contributed by atoms with Gasteiger partial charge in [-0.25, -0.2) is 0 Å². The number of carboxylic acids is 1. The van der Waals surface area contributed by atoms with Crippen LogP contribution in [0.4, 0.5) is 0 Å². The van der Waals surface area contributed by atoms with Gasteiger partial charge in [0.1, 0.15) is 12.6 Å². The Morgan fingerprint density at radius 2 is 0.912 bits per heavy atom. The summed E-state index contributed by atoms with van der Waals surface area (Å²) >= 11 is 0. The molecule has 0 N–H and O–H groups in total. The Bertz CT molecular complexity index is 1290. The van der Waals surface area contributed by atoms with Crippen molar-refractivity contribution < 1.29 is 38.2 Å². The van der Waals surface area contributed by atoms with Gasteiger partial charge in [-0.3, -0.25) is 9.59 Å². The summed E-state index contributed by atoms with van der Waals surface area (Å²) in [4.78, 5) is 36.8. The van der Waals surface area contributed by atoms with E-state index in [1.165, 1.54) is 0 Å². The van der Waals surface area contributed by atoms with Crippen LogP contribution in [0.1, 0.15) is 129 Å². The van der Waals surface area contributed by atoms with Gasteiger partial charge in [-0.15, -0.1) is 0 Å². The van der Waals surface area contributed by atoms with Crippen LogP contribution in [-0.4, -0.2) is 75.5 Å². The molecular formula is C49H77NO7. The molecule has 320 valence electrons. The summed E-state index contributed by atoms with van der Waals surface area (Å²) in [6, 6.07) is -0.746. The third-order valence-corrected chi connectivity index (χ3v) is 8.65. The number of carboxylic acid groups (broad SMARTS) is 1.